The monoisotopic (exact) mass is 487 g/mol. The molecule has 0 unspecified atom stereocenters. The maximum absolute atomic E-state index is 13.7. The van der Waals surface area contributed by atoms with Crippen molar-refractivity contribution in [3.05, 3.63) is 59.2 Å². The molecule has 5 heteroatoms. The number of ether oxygens (including phenoxy) is 3. The van der Waals surface area contributed by atoms with Crippen LogP contribution in [0.3, 0.4) is 0 Å². The number of aryl methyl sites for hydroxylation is 1. The highest BCUT2D eigenvalue weighted by molar-refractivity contribution is 5.94. The Morgan fingerprint density at radius 3 is 2.72 bits per heavy atom. The third kappa shape index (κ3) is 2.93. The van der Waals surface area contributed by atoms with Crippen LogP contribution in [-0.2, 0) is 27.8 Å². The van der Waals surface area contributed by atoms with Gasteiger partial charge >= 0.3 is 0 Å². The SMILES string of the molecule is COc1ccc2c3c1O[C@@]1(C)C(=O)CC[C@@]4(OCCCc5ccccc5)[C@@H](C2)N(CC2CC2)CC[C@]314. The molecule has 2 bridgehead atoms. The average Bonchev–Trinajstić information content (AvgIpc) is 3.66. The van der Waals surface area contributed by atoms with Crippen LogP contribution in [0.2, 0.25) is 0 Å². The molecule has 3 aliphatic carbocycles. The molecule has 190 valence electrons. The lowest BCUT2D eigenvalue weighted by atomic mass is 9.45. The topological polar surface area (TPSA) is 48.0 Å². The molecule has 4 atom stereocenters. The van der Waals surface area contributed by atoms with E-state index in [1.54, 1.807) is 7.11 Å². The summed E-state index contributed by atoms with van der Waals surface area (Å²) in [5.74, 6) is 2.56. The second-order valence-corrected chi connectivity index (χ2v) is 11.8. The van der Waals surface area contributed by atoms with Gasteiger partial charge in [-0.15, -0.1) is 0 Å². The van der Waals surface area contributed by atoms with Gasteiger partial charge in [-0.25, -0.2) is 0 Å². The Bertz CT molecular complexity index is 1190. The number of hydrogen-bond donors (Lipinski definition) is 0. The lowest BCUT2D eigenvalue weighted by Crippen LogP contribution is -2.80. The minimum Gasteiger partial charge on any atom is -0.493 e. The number of Topliss-reactive ketones (excluding diaryl/α,β-unsaturated/α-hetero) is 1. The number of methoxy groups -OCH3 is 1. The Kier molecular flexibility index (Phi) is 5.11. The van der Waals surface area contributed by atoms with Crippen molar-refractivity contribution in [2.45, 2.75) is 80.9 Å². The number of piperidine rings is 1. The van der Waals surface area contributed by atoms with E-state index in [4.69, 9.17) is 14.2 Å². The van der Waals surface area contributed by atoms with Crippen molar-refractivity contribution >= 4 is 5.78 Å². The summed E-state index contributed by atoms with van der Waals surface area (Å²) in [6.07, 6.45) is 7.79. The summed E-state index contributed by atoms with van der Waals surface area (Å²) < 4.78 is 19.7. The first-order chi connectivity index (χ1) is 17.5. The number of nitrogens with zero attached hydrogens (tertiary/aromatic N) is 1. The second kappa shape index (κ2) is 8.06. The molecule has 1 saturated heterocycles. The number of rotatable bonds is 8. The lowest BCUT2D eigenvalue weighted by molar-refractivity contribution is -0.231. The molecule has 2 aromatic carbocycles. The van der Waals surface area contributed by atoms with E-state index in [1.807, 2.05) is 6.07 Å². The van der Waals surface area contributed by atoms with Gasteiger partial charge in [0.15, 0.2) is 22.9 Å². The fourth-order valence-corrected chi connectivity index (χ4v) is 8.30. The number of carbonyl (C=O) groups is 1. The molecule has 1 spiro atoms. The molecule has 5 nitrogen and oxygen atoms in total. The van der Waals surface area contributed by atoms with E-state index < -0.39 is 16.6 Å². The molecular weight excluding hydrogens is 450 g/mol. The van der Waals surface area contributed by atoms with Crippen LogP contribution >= 0.6 is 0 Å². The quantitative estimate of drug-likeness (QED) is 0.497. The number of hydrogen-bond acceptors (Lipinski definition) is 5. The normalized spacial score (nSPS) is 34.3. The van der Waals surface area contributed by atoms with Crippen LogP contribution in [0.4, 0.5) is 0 Å². The fraction of sp³-hybridized carbons (Fsp3) is 0.581. The largest absolute Gasteiger partial charge is 0.493 e. The van der Waals surface area contributed by atoms with Gasteiger partial charge in [-0.05, 0) is 81.5 Å². The van der Waals surface area contributed by atoms with E-state index in [2.05, 4.69) is 48.2 Å². The van der Waals surface area contributed by atoms with Crippen molar-refractivity contribution in [1.29, 1.82) is 0 Å². The van der Waals surface area contributed by atoms with Crippen molar-refractivity contribution in [1.82, 2.24) is 4.90 Å². The molecule has 3 fully saturated rings. The van der Waals surface area contributed by atoms with Gasteiger partial charge in [0.05, 0.1) is 18.1 Å². The van der Waals surface area contributed by atoms with Gasteiger partial charge in [0.25, 0.3) is 0 Å². The summed E-state index contributed by atoms with van der Waals surface area (Å²) in [7, 11) is 1.70. The summed E-state index contributed by atoms with van der Waals surface area (Å²) in [4.78, 5) is 16.5. The summed E-state index contributed by atoms with van der Waals surface area (Å²) >= 11 is 0. The van der Waals surface area contributed by atoms with Crippen molar-refractivity contribution in [3.63, 3.8) is 0 Å². The minimum atomic E-state index is -0.916. The molecule has 7 rings (SSSR count). The molecule has 2 aromatic rings. The molecule has 36 heavy (non-hydrogen) atoms. The molecule has 2 aliphatic heterocycles. The summed E-state index contributed by atoms with van der Waals surface area (Å²) in [6, 6.07) is 15.2. The van der Waals surface area contributed by atoms with Gasteiger partial charge < -0.3 is 14.2 Å². The number of benzene rings is 2. The van der Waals surface area contributed by atoms with Crippen LogP contribution in [-0.4, -0.2) is 54.7 Å². The third-order valence-electron chi connectivity index (χ3n) is 10.1. The standard InChI is InChI=1S/C31H37NO4/c1-29-26(33)14-15-31(35-18-6-9-21-7-4-3-5-8-21)25-19-23-12-13-24(34-2)28(36-29)27(23)30(29,31)16-17-32(25)20-22-10-11-22/h3-5,7-8,12-13,22,25H,6,9-11,14-20H2,1-2H3/t25-,29+,30+,31-/m1/s1. The first-order valence-electron chi connectivity index (χ1n) is 13.9. The fourth-order valence-electron chi connectivity index (χ4n) is 8.30. The smallest absolute Gasteiger partial charge is 0.177 e. The zero-order valence-electron chi connectivity index (χ0n) is 21.6. The maximum atomic E-state index is 13.7. The van der Waals surface area contributed by atoms with Gasteiger partial charge in [0, 0.05) is 31.2 Å². The van der Waals surface area contributed by atoms with Gasteiger partial charge in [-0.1, -0.05) is 36.4 Å². The molecular formula is C31H37NO4. The molecule has 5 aliphatic rings. The van der Waals surface area contributed by atoms with Crippen LogP contribution in [0.5, 0.6) is 11.5 Å². The van der Waals surface area contributed by atoms with E-state index in [1.165, 1.54) is 29.5 Å². The summed E-state index contributed by atoms with van der Waals surface area (Å²) in [6.45, 7) is 4.90. The molecule has 2 saturated carbocycles. The van der Waals surface area contributed by atoms with Crippen molar-refractivity contribution < 1.29 is 19.0 Å². The number of likely N-dealkylation sites (tertiary alicyclic amines) is 1. The van der Waals surface area contributed by atoms with Crippen molar-refractivity contribution in [3.8, 4) is 11.5 Å². The summed E-state index contributed by atoms with van der Waals surface area (Å²) in [5, 5.41) is 0. The Balaban J connectivity index is 1.32. The first kappa shape index (κ1) is 22.8. The first-order valence-corrected chi connectivity index (χ1v) is 13.9. The average molecular weight is 488 g/mol. The predicted molar refractivity (Wildman–Crippen MR) is 138 cm³/mol. The van der Waals surface area contributed by atoms with E-state index in [0.29, 0.717) is 13.0 Å². The Hall–Kier alpha value is -2.37. The van der Waals surface area contributed by atoms with E-state index in [-0.39, 0.29) is 11.8 Å². The van der Waals surface area contributed by atoms with E-state index in [9.17, 15) is 4.79 Å². The molecule has 0 N–H and O–H groups in total. The minimum absolute atomic E-state index is 0.214. The van der Waals surface area contributed by atoms with Crippen molar-refractivity contribution in [2.24, 2.45) is 5.92 Å². The van der Waals surface area contributed by atoms with Crippen LogP contribution in [0.15, 0.2) is 42.5 Å². The molecule has 0 aromatic heterocycles. The van der Waals surface area contributed by atoms with Crippen LogP contribution in [0.1, 0.15) is 62.1 Å². The highest BCUT2D eigenvalue weighted by atomic mass is 16.5. The van der Waals surface area contributed by atoms with Crippen LogP contribution in [0, 0.1) is 5.92 Å². The molecule has 2 heterocycles. The Labute approximate surface area is 214 Å². The van der Waals surface area contributed by atoms with Crippen LogP contribution < -0.4 is 9.47 Å². The zero-order valence-corrected chi connectivity index (χ0v) is 21.6. The second-order valence-electron chi connectivity index (χ2n) is 11.8. The Morgan fingerprint density at radius 2 is 1.94 bits per heavy atom. The summed E-state index contributed by atoms with van der Waals surface area (Å²) in [5.41, 5.74) is 2.07. The van der Waals surface area contributed by atoms with Gasteiger partial charge in [-0.2, -0.15) is 0 Å². The lowest BCUT2D eigenvalue weighted by Gasteiger charge is -2.66. The van der Waals surface area contributed by atoms with Crippen molar-refractivity contribution in [2.75, 3.05) is 26.8 Å². The van der Waals surface area contributed by atoms with Gasteiger partial charge in [0.2, 0.25) is 0 Å². The Morgan fingerprint density at radius 1 is 1.11 bits per heavy atom. The maximum Gasteiger partial charge on any atom is 0.177 e. The third-order valence-corrected chi connectivity index (χ3v) is 10.1. The molecule has 0 amide bonds. The van der Waals surface area contributed by atoms with E-state index in [0.717, 1.165) is 62.6 Å². The number of carbonyl (C=O) groups excluding carboxylic acids is 1. The zero-order chi connectivity index (χ0) is 24.5. The highest BCUT2D eigenvalue weighted by Crippen LogP contribution is 2.69. The van der Waals surface area contributed by atoms with E-state index >= 15 is 0 Å². The predicted octanol–water partition coefficient (Wildman–Crippen LogP) is 4.88. The number of ketones is 1. The van der Waals surface area contributed by atoms with Crippen LogP contribution in [0.25, 0.3) is 0 Å². The molecule has 0 radical (unpaired) electrons. The van der Waals surface area contributed by atoms with Gasteiger partial charge in [0.1, 0.15) is 0 Å². The highest BCUT2D eigenvalue weighted by Gasteiger charge is 2.78. The van der Waals surface area contributed by atoms with Gasteiger partial charge in [-0.3, -0.25) is 9.69 Å².